The van der Waals surface area contributed by atoms with Gasteiger partial charge in [0.1, 0.15) is 5.75 Å². The fourth-order valence-corrected chi connectivity index (χ4v) is 2.76. The lowest BCUT2D eigenvalue weighted by Gasteiger charge is -2.30. The van der Waals surface area contributed by atoms with Crippen molar-refractivity contribution < 1.29 is 9.53 Å². The van der Waals surface area contributed by atoms with E-state index in [0.717, 1.165) is 6.42 Å². The van der Waals surface area contributed by atoms with Crippen molar-refractivity contribution in [2.24, 2.45) is 0 Å². The van der Waals surface area contributed by atoms with Crippen molar-refractivity contribution in [1.82, 2.24) is 5.32 Å². The molecule has 0 radical (unpaired) electrons. The first-order valence-electron chi connectivity index (χ1n) is 6.98. The molecule has 1 unspecified atom stereocenters. The van der Waals surface area contributed by atoms with Crippen molar-refractivity contribution in [2.45, 2.75) is 12.3 Å². The number of amides is 1. The zero-order valence-corrected chi connectivity index (χ0v) is 11.9. The molecule has 0 spiro atoms. The summed E-state index contributed by atoms with van der Waals surface area (Å²) in [6, 6.07) is 13.4. The molecule has 1 amide bonds. The number of methoxy groups -OCH3 is 1. The number of nitrogen functional groups attached to an aromatic ring is 1. The van der Waals surface area contributed by atoms with Gasteiger partial charge in [0.15, 0.2) is 0 Å². The summed E-state index contributed by atoms with van der Waals surface area (Å²) >= 11 is 0. The zero-order chi connectivity index (χ0) is 14.8. The molecule has 0 fully saturated rings. The average molecular weight is 282 g/mol. The SMILES string of the molecule is COc1ccc(N)cc1C(=O)NCC1Cc2ccccc21. The molecule has 0 aliphatic heterocycles. The minimum atomic E-state index is -0.150. The summed E-state index contributed by atoms with van der Waals surface area (Å²) in [5.74, 6) is 0.788. The van der Waals surface area contributed by atoms with Gasteiger partial charge in [-0.15, -0.1) is 0 Å². The smallest absolute Gasteiger partial charge is 0.255 e. The highest BCUT2D eigenvalue weighted by Crippen LogP contribution is 2.34. The second kappa shape index (κ2) is 5.48. The predicted octanol–water partition coefficient (Wildman–Crippen LogP) is 2.35. The second-order valence-corrected chi connectivity index (χ2v) is 5.27. The van der Waals surface area contributed by atoms with E-state index in [2.05, 4.69) is 17.4 Å². The van der Waals surface area contributed by atoms with E-state index in [1.165, 1.54) is 11.1 Å². The van der Waals surface area contributed by atoms with Gasteiger partial charge in [-0.3, -0.25) is 4.79 Å². The van der Waals surface area contributed by atoms with E-state index in [9.17, 15) is 4.79 Å². The van der Waals surface area contributed by atoms with Gasteiger partial charge >= 0.3 is 0 Å². The maximum absolute atomic E-state index is 12.3. The molecule has 4 heteroatoms. The first-order valence-corrected chi connectivity index (χ1v) is 6.98. The number of hydrogen-bond donors (Lipinski definition) is 2. The molecule has 3 N–H and O–H groups in total. The lowest BCUT2D eigenvalue weighted by atomic mass is 9.77. The van der Waals surface area contributed by atoms with Crippen LogP contribution in [0.4, 0.5) is 5.69 Å². The van der Waals surface area contributed by atoms with Crippen molar-refractivity contribution in [3.05, 3.63) is 59.2 Å². The minimum absolute atomic E-state index is 0.150. The molecule has 0 bridgehead atoms. The largest absolute Gasteiger partial charge is 0.496 e. The van der Waals surface area contributed by atoms with Crippen molar-refractivity contribution in [3.63, 3.8) is 0 Å². The Morgan fingerprint density at radius 3 is 2.90 bits per heavy atom. The van der Waals surface area contributed by atoms with Gasteiger partial charge in [0.25, 0.3) is 5.91 Å². The molecule has 1 aliphatic carbocycles. The standard InChI is InChI=1S/C17H18N2O2/c1-21-16-7-6-13(18)9-15(16)17(20)19-10-12-8-11-4-2-3-5-14(11)12/h2-7,9,12H,8,10,18H2,1H3,(H,19,20). The normalized spacial score (nSPS) is 15.8. The first-order chi connectivity index (χ1) is 10.2. The second-order valence-electron chi connectivity index (χ2n) is 5.27. The summed E-state index contributed by atoms with van der Waals surface area (Å²) < 4.78 is 5.21. The summed E-state index contributed by atoms with van der Waals surface area (Å²) in [4.78, 5) is 12.3. The molecule has 1 atom stereocenters. The molecule has 0 heterocycles. The number of nitrogens with two attached hydrogens (primary N) is 1. The molecular weight excluding hydrogens is 264 g/mol. The van der Waals surface area contributed by atoms with Gasteiger partial charge in [-0.25, -0.2) is 0 Å². The molecule has 4 nitrogen and oxygen atoms in total. The van der Waals surface area contributed by atoms with E-state index in [-0.39, 0.29) is 5.91 Å². The van der Waals surface area contributed by atoms with Crippen LogP contribution in [0, 0.1) is 0 Å². The summed E-state index contributed by atoms with van der Waals surface area (Å²) in [6.45, 7) is 0.633. The quantitative estimate of drug-likeness (QED) is 0.846. The van der Waals surface area contributed by atoms with Crippen LogP contribution in [-0.2, 0) is 6.42 Å². The Kier molecular flexibility index (Phi) is 3.52. The summed E-state index contributed by atoms with van der Waals surface area (Å²) in [7, 11) is 1.55. The average Bonchev–Trinajstić information content (AvgIpc) is 2.48. The molecule has 2 aromatic carbocycles. The number of ether oxygens (including phenoxy) is 1. The molecular formula is C17H18N2O2. The van der Waals surface area contributed by atoms with E-state index in [4.69, 9.17) is 10.5 Å². The van der Waals surface area contributed by atoms with Crippen molar-refractivity contribution in [1.29, 1.82) is 0 Å². The van der Waals surface area contributed by atoms with Crippen LogP contribution in [0.15, 0.2) is 42.5 Å². The highest BCUT2D eigenvalue weighted by molar-refractivity contribution is 5.97. The number of rotatable bonds is 4. The number of hydrogen-bond acceptors (Lipinski definition) is 3. The topological polar surface area (TPSA) is 64.3 Å². The molecule has 2 aromatic rings. The Labute approximate surface area is 123 Å². The Bertz CT molecular complexity index is 682. The van der Waals surface area contributed by atoms with Crippen LogP contribution in [0.2, 0.25) is 0 Å². The number of anilines is 1. The van der Waals surface area contributed by atoms with Crippen LogP contribution in [0.5, 0.6) is 5.75 Å². The Morgan fingerprint density at radius 1 is 1.33 bits per heavy atom. The van der Waals surface area contributed by atoms with Gasteiger partial charge in [-0.2, -0.15) is 0 Å². The van der Waals surface area contributed by atoms with E-state index in [0.29, 0.717) is 29.5 Å². The molecule has 1 aliphatic rings. The van der Waals surface area contributed by atoms with E-state index in [1.807, 2.05) is 12.1 Å². The maximum atomic E-state index is 12.3. The highest BCUT2D eigenvalue weighted by Gasteiger charge is 2.26. The van der Waals surface area contributed by atoms with E-state index in [1.54, 1.807) is 25.3 Å². The summed E-state index contributed by atoms with van der Waals surface area (Å²) in [5.41, 5.74) is 9.47. The molecule has 0 aromatic heterocycles. The Hall–Kier alpha value is -2.49. The zero-order valence-electron chi connectivity index (χ0n) is 11.9. The maximum Gasteiger partial charge on any atom is 0.255 e. The molecule has 21 heavy (non-hydrogen) atoms. The molecule has 0 saturated carbocycles. The van der Waals surface area contributed by atoms with Gasteiger partial charge in [-0.1, -0.05) is 24.3 Å². The highest BCUT2D eigenvalue weighted by atomic mass is 16.5. The van der Waals surface area contributed by atoms with Gasteiger partial charge in [0.2, 0.25) is 0 Å². The van der Waals surface area contributed by atoms with Crippen LogP contribution in [0.25, 0.3) is 0 Å². The van der Waals surface area contributed by atoms with Gasteiger partial charge in [-0.05, 0) is 35.7 Å². The van der Waals surface area contributed by atoms with Gasteiger partial charge in [0.05, 0.1) is 12.7 Å². The van der Waals surface area contributed by atoms with Crippen LogP contribution >= 0.6 is 0 Å². The van der Waals surface area contributed by atoms with Crippen LogP contribution in [0.3, 0.4) is 0 Å². The summed E-state index contributed by atoms with van der Waals surface area (Å²) in [6.07, 6.45) is 1.02. The lowest BCUT2D eigenvalue weighted by molar-refractivity contribution is 0.0947. The molecule has 108 valence electrons. The number of carbonyl (C=O) groups is 1. The number of carbonyl (C=O) groups excluding carboxylic acids is 1. The van der Waals surface area contributed by atoms with Crippen LogP contribution < -0.4 is 15.8 Å². The van der Waals surface area contributed by atoms with Crippen LogP contribution in [-0.4, -0.2) is 19.6 Å². The third kappa shape index (κ3) is 2.57. The molecule has 0 saturated heterocycles. The fraction of sp³-hybridized carbons (Fsp3) is 0.235. The Morgan fingerprint density at radius 2 is 2.14 bits per heavy atom. The lowest BCUT2D eigenvalue weighted by Crippen LogP contribution is -2.33. The van der Waals surface area contributed by atoms with Crippen LogP contribution in [0.1, 0.15) is 27.4 Å². The fourth-order valence-electron chi connectivity index (χ4n) is 2.76. The third-order valence-electron chi connectivity index (χ3n) is 3.94. The van der Waals surface area contributed by atoms with Crippen molar-refractivity contribution in [3.8, 4) is 5.75 Å². The van der Waals surface area contributed by atoms with Crippen molar-refractivity contribution >= 4 is 11.6 Å². The first kappa shape index (κ1) is 13.5. The summed E-state index contributed by atoms with van der Waals surface area (Å²) in [5, 5.41) is 2.97. The number of benzene rings is 2. The van der Waals surface area contributed by atoms with Gasteiger partial charge < -0.3 is 15.8 Å². The monoisotopic (exact) mass is 282 g/mol. The van der Waals surface area contributed by atoms with E-state index >= 15 is 0 Å². The van der Waals surface area contributed by atoms with E-state index < -0.39 is 0 Å². The van der Waals surface area contributed by atoms with Gasteiger partial charge in [0, 0.05) is 18.2 Å². The van der Waals surface area contributed by atoms with Crippen molar-refractivity contribution in [2.75, 3.05) is 19.4 Å². The minimum Gasteiger partial charge on any atom is -0.496 e. The number of fused-ring (bicyclic) bond motifs is 1. The Balaban J connectivity index is 1.67. The third-order valence-corrected chi connectivity index (χ3v) is 3.94. The number of nitrogens with one attached hydrogen (secondary N) is 1. The predicted molar refractivity (Wildman–Crippen MR) is 82.6 cm³/mol. The molecule has 3 rings (SSSR count).